The second kappa shape index (κ2) is 4.73. The average Bonchev–Trinajstić information content (AvgIpc) is 3.14. The highest BCUT2D eigenvalue weighted by Gasteiger charge is 2.48. The number of aliphatic hydroxyl groups excluding tert-OH is 1. The lowest BCUT2D eigenvalue weighted by atomic mass is 9.74. The molecule has 0 radical (unpaired) electrons. The largest absolute Gasteiger partial charge is 0.393 e. The van der Waals surface area contributed by atoms with Crippen LogP contribution in [0, 0.1) is 23.7 Å². The van der Waals surface area contributed by atoms with Gasteiger partial charge in [-0.3, -0.25) is 0 Å². The van der Waals surface area contributed by atoms with Gasteiger partial charge in [-0.15, -0.1) is 0 Å². The van der Waals surface area contributed by atoms with E-state index < -0.39 is 0 Å². The van der Waals surface area contributed by atoms with Crippen LogP contribution in [0.4, 0.5) is 0 Å². The SMILES string of the molecule is OC(C1CCOC2(CCCC2)C1)C1CC2CCC1C2. The Morgan fingerprint density at radius 3 is 2.58 bits per heavy atom. The Hall–Kier alpha value is -0.0800. The number of aliphatic hydroxyl groups is 1. The Morgan fingerprint density at radius 2 is 1.89 bits per heavy atom. The molecule has 0 aromatic rings. The van der Waals surface area contributed by atoms with E-state index in [1.54, 1.807) is 0 Å². The third kappa shape index (κ3) is 2.15. The molecule has 1 saturated heterocycles. The molecule has 1 heterocycles. The Kier molecular flexibility index (Phi) is 3.15. The molecule has 2 nitrogen and oxygen atoms in total. The van der Waals surface area contributed by atoms with E-state index in [1.165, 1.54) is 51.4 Å². The van der Waals surface area contributed by atoms with Crippen molar-refractivity contribution in [1.82, 2.24) is 0 Å². The van der Waals surface area contributed by atoms with Crippen molar-refractivity contribution >= 4 is 0 Å². The lowest BCUT2D eigenvalue weighted by molar-refractivity contribution is -0.122. The zero-order chi connectivity index (χ0) is 12.9. The monoisotopic (exact) mass is 264 g/mol. The highest BCUT2D eigenvalue weighted by atomic mass is 16.5. The first kappa shape index (κ1) is 12.6. The number of hydrogen-bond acceptors (Lipinski definition) is 2. The van der Waals surface area contributed by atoms with Gasteiger partial charge in [-0.1, -0.05) is 19.3 Å². The molecule has 19 heavy (non-hydrogen) atoms. The summed E-state index contributed by atoms with van der Waals surface area (Å²) in [4.78, 5) is 0. The maximum Gasteiger partial charge on any atom is 0.0686 e. The van der Waals surface area contributed by atoms with Crippen LogP contribution < -0.4 is 0 Å². The van der Waals surface area contributed by atoms with Gasteiger partial charge in [0.2, 0.25) is 0 Å². The predicted octanol–water partition coefficient (Wildman–Crippen LogP) is 3.52. The van der Waals surface area contributed by atoms with Crippen molar-refractivity contribution in [2.45, 2.75) is 75.9 Å². The van der Waals surface area contributed by atoms with Gasteiger partial charge in [0.05, 0.1) is 11.7 Å². The molecule has 0 amide bonds. The van der Waals surface area contributed by atoms with Gasteiger partial charge in [0, 0.05) is 6.61 Å². The summed E-state index contributed by atoms with van der Waals surface area (Å²) < 4.78 is 6.12. The third-order valence-corrected chi connectivity index (χ3v) is 6.76. The molecule has 0 aromatic heterocycles. The van der Waals surface area contributed by atoms with Crippen LogP contribution in [0.2, 0.25) is 0 Å². The molecule has 2 bridgehead atoms. The van der Waals surface area contributed by atoms with Crippen LogP contribution in [-0.2, 0) is 4.74 Å². The van der Waals surface area contributed by atoms with Crippen molar-refractivity contribution in [2.24, 2.45) is 23.7 Å². The smallest absolute Gasteiger partial charge is 0.0686 e. The average molecular weight is 264 g/mol. The molecule has 5 atom stereocenters. The maximum atomic E-state index is 10.9. The fraction of sp³-hybridized carbons (Fsp3) is 1.00. The van der Waals surface area contributed by atoms with Crippen LogP contribution in [0.1, 0.15) is 64.2 Å². The third-order valence-electron chi connectivity index (χ3n) is 6.76. The molecule has 3 aliphatic carbocycles. The van der Waals surface area contributed by atoms with Crippen molar-refractivity contribution in [3.8, 4) is 0 Å². The molecule has 1 N–H and O–H groups in total. The minimum atomic E-state index is -0.0309. The summed E-state index contributed by atoms with van der Waals surface area (Å²) >= 11 is 0. The van der Waals surface area contributed by atoms with E-state index in [-0.39, 0.29) is 11.7 Å². The van der Waals surface area contributed by atoms with Crippen LogP contribution >= 0.6 is 0 Å². The van der Waals surface area contributed by atoms with Crippen LogP contribution in [0.5, 0.6) is 0 Å². The van der Waals surface area contributed by atoms with Crippen LogP contribution in [-0.4, -0.2) is 23.4 Å². The number of rotatable bonds is 2. The van der Waals surface area contributed by atoms with E-state index in [2.05, 4.69) is 0 Å². The molecule has 1 spiro atoms. The van der Waals surface area contributed by atoms with E-state index >= 15 is 0 Å². The summed E-state index contributed by atoms with van der Waals surface area (Å²) in [5, 5.41) is 10.9. The first-order chi connectivity index (χ1) is 9.26. The number of hydrogen-bond donors (Lipinski definition) is 1. The molecule has 4 rings (SSSR count). The van der Waals surface area contributed by atoms with Gasteiger partial charge in [0.25, 0.3) is 0 Å². The van der Waals surface area contributed by atoms with Gasteiger partial charge >= 0.3 is 0 Å². The van der Waals surface area contributed by atoms with Crippen LogP contribution in [0.25, 0.3) is 0 Å². The summed E-state index contributed by atoms with van der Waals surface area (Å²) in [6.45, 7) is 0.891. The van der Waals surface area contributed by atoms with E-state index in [0.717, 1.165) is 31.3 Å². The minimum Gasteiger partial charge on any atom is -0.393 e. The van der Waals surface area contributed by atoms with Crippen molar-refractivity contribution < 1.29 is 9.84 Å². The lowest BCUT2D eigenvalue weighted by Crippen LogP contribution is -2.44. The van der Waals surface area contributed by atoms with Gasteiger partial charge in [0.15, 0.2) is 0 Å². The second-order valence-corrected chi connectivity index (χ2v) is 7.82. The van der Waals surface area contributed by atoms with E-state index in [9.17, 15) is 5.11 Å². The molecule has 2 heteroatoms. The van der Waals surface area contributed by atoms with Gasteiger partial charge in [-0.2, -0.15) is 0 Å². The highest BCUT2D eigenvalue weighted by molar-refractivity contribution is 4.98. The van der Waals surface area contributed by atoms with Gasteiger partial charge < -0.3 is 9.84 Å². The number of fused-ring (bicyclic) bond motifs is 2. The number of ether oxygens (including phenoxy) is 1. The van der Waals surface area contributed by atoms with Gasteiger partial charge in [0.1, 0.15) is 0 Å². The molecular weight excluding hydrogens is 236 g/mol. The van der Waals surface area contributed by atoms with E-state index in [1.807, 2.05) is 0 Å². The molecule has 0 aromatic carbocycles. The van der Waals surface area contributed by atoms with Crippen molar-refractivity contribution in [3.63, 3.8) is 0 Å². The Balaban J connectivity index is 1.43. The molecule has 4 fully saturated rings. The van der Waals surface area contributed by atoms with Crippen molar-refractivity contribution in [1.29, 1.82) is 0 Å². The van der Waals surface area contributed by atoms with Gasteiger partial charge in [-0.05, 0) is 68.6 Å². The maximum absolute atomic E-state index is 10.9. The van der Waals surface area contributed by atoms with Crippen molar-refractivity contribution in [2.75, 3.05) is 6.61 Å². The Bertz CT molecular complexity index is 334. The lowest BCUT2D eigenvalue weighted by Gasteiger charge is -2.42. The quantitative estimate of drug-likeness (QED) is 0.827. The standard InChI is InChI=1S/C17H28O2/c18-16(15-10-12-3-4-13(15)9-12)14-5-8-19-17(11-14)6-1-2-7-17/h12-16,18H,1-11H2. The summed E-state index contributed by atoms with van der Waals surface area (Å²) in [7, 11) is 0. The zero-order valence-corrected chi connectivity index (χ0v) is 12.0. The van der Waals surface area contributed by atoms with Crippen LogP contribution in [0.3, 0.4) is 0 Å². The summed E-state index contributed by atoms with van der Waals surface area (Å²) in [6, 6.07) is 0. The molecule has 3 saturated carbocycles. The first-order valence-corrected chi connectivity index (χ1v) is 8.58. The minimum absolute atomic E-state index is 0.0309. The molecular formula is C17H28O2. The van der Waals surface area contributed by atoms with E-state index in [4.69, 9.17) is 4.74 Å². The second-order valence-electron chi connectivity index (χ2n) is 7.82. The fourth-order valence-electron chi connectivity index (χ4n) is 5.79. The van der Waals surface area contributed by atoms with Gasteiger partial charge in [-0.25, -0.2) is 0 Å². The Labute approximate surface area is 116 Å². The van der Waals surface area contributed by atoms with E-state index in [0.29, 0.717) is 11.8 Å². The zero-order valence-electron chi connectivity index (χ0n) is 12.0. The Morgan fingerprint density at radius 1 is 1.05 bits per heavy atom. The summed E-state index contributed by atoms with van der Waals surface area (Å²) in [6.07, 6.45) is 12.9. The van der Waals surface area contributed by atoms with Crippen LogP contribution in [0.15, 0.2) is 0 Å². The predicted molar refractivity (Wildman–Crippen MR) is 74.8 cm³/mol. The summed E-state index contributed by atoms with van der Waals surface area (Å²) in [5.41, 5.74) is 0.168. The fourth-order valence-corrected chi connectivity index (χ4v) is 5.79. The van der Waals surface area contributed by atoms with Crippen molar-refractivity contribution in [3.05, 3.63) is 0 Å². The normalized spacial score (nSPS) is 45.9. The molecule has 108 valence electrons. The topological polar surface area (TPSA) is 29.5 Å². The highest BCUT2D eigenvalue weighted by Crippen LogP contribution is 2.52. The molecule has 4 aliphatic rings. The summed E-state index contributed by atoms with van der Waals surface area (Å²) in [5.74, 6) is 2.95. The molecule has 5 unspecified atom stereocenters. The first-order valence-electron chi connectivity index (χ1n) is 8.58. The molecule has 1 aliphatic heterocycles.